The van der Waals surface area contributed by atoms with Crippen molar-refractivity contribution in [3.05, 3.63) is 54.4 Å². The predicted octanol–water partition coefficient (Wildman–Crippen LogP) is 5.94. The molecule has 18 heteroatoms. The van der Waals surface area contributed by atoms with Gasteiger partial charge in [0.25, 0.3) is 0 Å². The third-order valence-corrected chi connectivity index (χ3v) is 17.0. The molecule has 12 nitrogen and oxygen atoms in total. The van der Waals surface area contributed by atoms with Crippen molar-refractivity contribution in [2.24, 2.45) is 0 Å². The van der Waals surface area contributed by atoms with E-state index in [4.69, 9.17) is 56.8 Å². The van der Waals surface area contributed by atoms with Gasteiger partial charge in [0.15, 0.2) is 69.0 Å². The van der Waals surface area contributed by atoms with Crippen LogP contribution in [0.25, 0.3) is 13.2 Å². The Morgan fingerprint density at radius 2 is 0.357 bits per heavy atom. The first kappa shape index (κ1) is 33.7. The van der Waals surface area contributed by atoms with E-state index in [-0.39, 0.29) is 0 Å². The SMILES string of the molecule is C=c1s/c(=c2/s/c(=c3/s/c(=c4/s/c(=c5/s/c(=c6/sc(=C)c7c6OCCO7)c6c5OCCO6)c5c4OCCO5)c4c3OCCO4)c3c2OCCO3)c2c1OCCO2. The van der Waals surface area contributed by atoms with E-state index in [1.165, 1.54) is 22.7 Å². The summed E-state index contributed by atoms with van der Waals surface area (Å²) < 4.78 is 85.8. The minimum Gasteiger partial charge on any atom is -0.485 e. The Morgan fingerprint density at radius 3 is 0.554 bits per heavy atom. The van der Waals surface area contributed by atoms with Crippen molar-refractivity contribution < 1.29 is 56.8 Å². The Bertz CT molecular complexity index is 3030. The predicted molar refractivity (Wildman–Crippen MR) is 211 cm³/mol. The molecule has 0 spiro atoms. The van der Waals surface area contributed by atoms with Gasteiger partial charge in [-0.15, -0.1) is 68.0 Å². The van der Waals surface area contributed by atoms with E-state index < -0.39 is 0 Å². The maximum absolute atomic E-state index is 6.45. The Labute approximate surface area is 338 Å². The van der Waals surface area contributed by atoms with Gasteiger partial charge in [0.1, 0.15) is 79.3 Å². The van der Waals surface area contributed by atoms with Crippen LogP contribution < -0.4 is 65.9 Å². The molecule has 12 heterocycles. The van der Waals surface area contributed by atoms with Gasteiger partial charge in [-0.05, 0) is 0 Å². The highest BCUT2D eigenvalue weighted by Gasteiger charge is 2.30. The molecular weight excluding hydrogens is 841 g/mol. The smallest absolute Gasteiger partial charge is 0.181 e. The van der Waals surface area contributed by atoms with Crippen LogP contribution in [0.2, 0.25) is 0 Å². The van der Waals surface area contributed by atoms with Gasteiger partial charge in [0.05, 0.1) is 54.4 Å². The lowest BCUT2D eigenvalue weighted by molar-refractivity contribution is 0.167. The normalized spacial score (nSPS) is 20.4. The summed E-state index contributed by atoms with van der Waals surface area (Å²) in [6.45, 7) is 13.7. The quantitative estimate of drug-likeness (QED) is 0.180. The van der Waals surface area contributed by atoms with Crippen LogP contribution in [0, 0.1) is 45.3 Å². The fourth-order valence-electron chi connectivity index (χ4n) is 7.32. The van der Waals surface area contributed by atoms with Crippen molar-refractivity contribution in [1.29, 1.82) is 0 Å². The minimum atomic E-state index is 0.407. The van der Waals surface area contributed by atoms with E-state index in [0.29, 0.717) is 148 Å². The van der Waals surface area contributed by atoms with Crippen LogP contribution in [-0.2, 0) is 0 Å². The Balaban J connectivity index is 1.22. The topological polar surface area (TPSA) is 111 Å². The zero-order chi connectivity index (χ0) is 37.1. The highest BCUT2D eigenvalue weighted by Crippen LogP contribution is 2.50. The van der Waals surface area contributed by atoms with Crippen LogP contribution >= 0.6 is 68.0 Å². The van der Waals surface area contributed by atoms with Crippen LogP contribution in [0.5, 0.6) is 69.0 Å². The van der Waals surface area contributed by atoms with Crippen molar-refractivity contribution >= 4 is 81.2 Å². The molecule has 0 atom stereocenters. The second kappa shape index (κ2) is 13.0. The number of rotatable bonds is 0. The van der Waals surface area contributed by atoms with E-state index in [1.54, 1.807) is 45.3 Å². The molecule has 6 aromatic rings. The summed E-state index contributed by atoms with van der Waals surface area (Å²) in [5.41, 5.74) is 0. The largest absolute Gasteiger partial charge is 0.485 e. The molecule has 0 bridgehead atoms. The monoisotopic (exact) mass is 868 g/mol. The molecule has 0 aromatic carbocycles. The molecule has 0 saturated carbocycles. The Morgan fingerprint density at radius 1 is 0.214 bits per heavy atom. The summed E-state index contributed by atoms with van der Waals surface area (Å²) in [6.07, 6.45) is 0. The Kier molecular flexibility index (Phi) is 7.84. The van der Waals surface area contributed by atoms with E-state index in [0.717, 1.165) is 54.4 Å². The molecule has 0 aliphatic carbocycles. The molecule has 6 aliphatic rings. The van der Waals surface area contributed by atoms with E-state index in [2.05, 4.69) is 13.2 Å². The molecule has 0 saturated heterocycles. The second-order valence-corrected chi connectivity index (χ2v) is 19.2. The van der Waals surface area contributed by atoms with Gasteiger partial charge in [0.2, 0.25) is 0 Å². The van der Waals surface area contributed by atoms with Gasteiger partial charge >= 0.3 is 0 Å². The van der Waals surface area contributed by atoms with Gasteiger partial charge < -0.3 is 56.8 Å². The average Bonchev–Trinajstić information content (AvgIpc) is 4.10. The Hall–Kier alpha value is -4.46. The van der Waals surface area contributed by atoms with Gasteiger partial charge in [0, 0.05) is 0 Å². The zero-order valence-corrected chi connectivity index (χ0v) is 34.1. The standard InChI is InChI=1S/C38H28O12S6/c1-15-17-19(41-5-3-39-17)29(51-15)31-21-23(45-9-7-43-21)33(53-31)35-25-27(49-13-11-47-25)37(55-35)38-28-26(48-12-14-50-28)36(56-38)34-24-22(44-8-10-46-24)32(54-34)30-20-18(16(2)52-30)40-4-6-42-20/h1-14H2/b31-29+,32-30+,35-33+,36-34+,38-37+. The van der Waals surface area contributed by atoms with Gasteiger partial charge in [-0.1, -0.05) is 13.2 Å². The molecule has 288 valence electrons. The maximum Gasteiger partial charge on any atom is 0.181 e. The van der Waals surface area contributed by atoms with Crippen LogP contribution in [0.15, 0.2) is 0 Å². The highest BCUT2D eigenvalue weighted by atomic mass is 32.1. The lowest BCUT2D eigenvalue weighted by Gasteiger charge is -2.16. The molecule has 0 radical (unpaired) electrons. The molecule has 6 aliphatic heterocycles. The minimum absolute atomic E-state index is 0.407. The van der Waals surface area contributed by atoms with Crippen molar-refractivity contribution in [3.8, 4) is 69.0 Å². The first-order valence-electron chi connectivity index (χ1n) is 17.8. The summed E-state index contributed by atoms with van der Waals surface area (Å²) in [6, 6.07) is 0. The van der Waals surface area contributed by atoms with E-state index >= 15 is 0 Å². The summed E-state index contributed by atoms with van der Waals surface area (Å²) in [7, 11) is 0. The molecule has 0 amide bonds. The lowest BCUT2D eigenvalue weighted by atomic mass is 10.3. The number of thiophene rings is 6. The van der Waals surface area contributed by atoms with Crippen molar-refractivity contribution in [1.82, 2.24) is 0 Å². The number of hydrogen-bond donors (Lipinski definition) is 0. The number of fused-ring (bicyclic) bond motifs is 6. The maximum atomic E-state index is 6.45. The zero-order valence-electron chi connectivity index (χ0n) is 29.2. The summed E-state index contributed by atoms with van der Waals surface area (Å²) in [5.74, 6) is 8.09. The van der Waals surface area contributed by atoms with E-state index in [9.17, 15) is 0 Å². The molecule has 6 aromatic heterocycles. The van der Waals surface area contributed by atoms with Crippen LogP contribution in [0.3, 0.4) is 0 Å². The fraction of sp³-hybridized carbons (Fsp3) is 0.316. The third-order valence-electron chi connectivity index (χ3n) is 9.56. The van der Waals surface area contributed by atoms with Gasteiger partial charge in [-0.25, -0.2) is 0 Å². The van der Waals surface area contributed by atoms with Crippen molar-refractivity contribution in [3.63, 3.8) is 0 Å². The average molecular weight is 869 g/mol. The third kappa shape index (κ3) is 4.95. The van der Waals surface area contributed by atoms with Crippen LogP contribution in [0.1, 0.15) is 0 Å². The number of hydrogen-bond acceptors (Lipinski definition) is 18. The van der Waals surface area contributed by atoms with Crippen LogP contribution in [-0.4, -0.2) is 79.3 Å². The van der Waals surface area contributed by atoms with E-state index in [1.807, 2.05) is 0 Å². The van der Waals surface area contributed by atoms with Gasteiger partial charge in [-0.3, -0.25) is 0 Å². The number of ether oxygens (including phenoxy) is 12. The lowest BCUT2D eigenvalue weighted by Crippen LogP contribution is -2.17. The molecule has 12 rings (SSSR count). The molecular formula is C38H28O12S6. The first-order chi connectivity index (χ1) is 27.6. The molecule has 0 fully saturated rings. The fourth-order valence-corrected chi connectivity index (χ4v) is 14.7. The van der Waals surface area contributed by atoms with Crippen molar-refractivity contribution in [2.75, 3.05) is 79.3 Å². The summed E-state index contributed by atoms with van der Waals surface area (Å²) >= 11 is 9.35. The highest BCUT2D eigenvalue weighted by molar-refractivity contribution is 7.16. The second-order valence-electron chi connectivity index (χ2n) is 12.9. The molecule has 56 heavy (non-hydrogen) atoms. The summed E-state index contributed by atoms with van der Waals surface area (Å²) in [4.78, 5) is 0. The molecule has 0 N–H and O–H groups in total. The van der Waals surface area contributed by atoms with Gasteiger partial charge in [-0.2, -0.15) is 0 Å². The van der Waals surface area contributed by atoms with Crippen LogP contribution in [0.4, 0.5) is 0 Å². The first-order valence-corrected chi connectivity index (χ1v) is 22.7. The van der Waals surface area contributed by atoms with Crippen molar-refractivity contribution in [2.45, 2.75) is 0 Å². The molecule has 0 unspecified atom stereocenters. The summed E-state index contributed by atoms with van der Waals surface area (Å²) in [5, 5.41) is 0.